The van der Waals surface area contributed by atoms with Crippen LogP contribution in [0.2, 0.25) is 0 Å². The van der Waals surface area contributed by atoms with Gasteiger partial charge in [-0.3, -0.25) is 4.79 Å². The molecule has 37 heavy (non-hydrogen) atoms. The standard InChI is InChI=1S/C30H42N2O5/c33-29(10-4-7-19-36-27-15-20-35-21-16-27)31-28(22-32-17-5-6-18-32)30(34)25-11-13-26(14-12-25)37-23-24-8-2-1-3-9-24/h1-3,8-9,11-14,27-28,30,34H,4-7,10,15-23H2,(H,31,33)/t28-,30?/m1/s1. The number of aliphatic hydroxyl groups is 1. The first-order valence-electron chi connectivity index (χ1n) is 13.8. The molecule has 0 aromatic heterocycles. The Labute approximate surface area is 221 Å². The number of hydrogen-bond donors (Lipinski definition) is 2. The smallest absolute Gasteiger partial charge is 0.220 e. The molecule has 2 aromatic rings. The largest absolute Gasteiger partial charge is 0.489 e. The summed E-state index contributed by atoms with van der Waals surface area (Å²) in [6, 6.07) is 17.2. The van der Waals surface area contributed by atoms with Crippen LogP contribution in [0.1, 0.15) is 62.2 Å². The van der Waals surface area contributed by atoms with E-state index in [1.165, 1.54) is 0 Å². The quantitative estimate of drug-likeness (QED) is 0.370. The maximum absolute atomic E-state index is 12.8. The molecular weight excluding hydrogens is 468 g/mol. The van der Waals surface area contributed by atoms with Gasteiger partial charge in [0.15, 0.2) is 0 Å². The molecule has 2 heterocycles. The van der Waals surface area contributed by atoms with Crippen molar-refractivity contribution in [3.63, 3.8) is 0 Å². The Bertz CT molecular complexity index is 911. The van der Waals surface area contributed by atoms with E-state index in [0.717, 1.165) is 81.7 Å². The van der Waals surface area contributed by atoms with Gasteiger partial charge in [-0.2, -0.15) is 0 Å². The molecule has 4 rings (SSSR count). The lowest BCUT2D eigenvalue weighted by atomic mass is 10.0. The van der Waals surface area contributed by atoms with E-state index in [2.05, 4.69) is 10.2 Å². The number of aliphatic hydroxyl groups excluding tert-OH is 1. The lowest BCUT2D eigenvalue weighted by Gasteiger charge is -2.29. The van der Waals surface area contributed by atoms with Gasteiger partial charge in [0.05, 0.1) is 12.1 Å². The number of unbranched alkanes of at least 4 members (excludes halogenated alkanes) is 1. The van der Waals surface area contributed by atoms with E-state index in [9.17, 15) is 9.90 Å². The van der Waals surface area contributed by atoms with Crippen LogP contribution in [0.4, 0.5) is 0 Å². The van der Waals surface area contributed by atoms with Crippen LogP contribution in [-0.2, 0) is 20.9 Å². The number of ether oxygens (including phenoxy) is 3. The summed E-state index contributed by atoms with van der Waals surface area (Å²) in [6.07, 6.45) is 5.81. The van der Waals surface area contributed by atoms with Crippen LogP contribution in [0.25, 0.3) is 0 Å². The Kier molecular flexibility index (Phi) is 11.2. The molecule has 2 fully saturated rings. The summed E-state index contributed by atoms with van der Waals surface area (Å²) in [7, 11) is 0. The van der Waals surface area contributed by atoms with Crippen LogP contribution in [0.15, 0.2) is 54.6 Å². The van der Waals surface area contributed by atoms with Crippen molar-refractivity contribution >= 4 is 5.91 Å². The van der Waals surface area contributed by atoms with E-state index in [0.29, 0.717) is 26.2 Å². The van der Waals surface area contributed by atoms with Crippen LogP contribution in [-0.4, -0.2) is 67.5 Å². The molecule has 0 radical (unpaired) electrons. The number of nitrogens with zero attached hydrogens (tertiary/aromatic N) is 1. The van der Waals surface area contributed by atoms with Gasteiger partial charge in [-0.1, -0.05) is 42.5 Å². The highest BCUT2D eigenvalue weighted by Crippen LogP contribution is 2.23. The SMILES string of the molecule is O=C(CCCCOC1CCOCC1)N[C@H](CN1CCCC1)C(O)c1ccc(OCc2ccccc2)cc1. The third-order valence-electron chi connectivity index (χ3n) is 7.17. The van der Waals surface area contributed by atoms with Gasteiger partial charge in [0.2, 0.25) is 5.91 Å². The Morgan fingerprint density at radius 3 is 2.49 bits per heavy atom. The summed E-state index contributed by atoms with van der Waals surface area (Å²) in [5.74, 6) is 0.736. The molecule has 2 atom stereocenters. The molecule has 0 saturated carbocycles. The predicted octanol–water partition coefficient (Wildman–Crippen LogP) is 4.25. The summed E-state index contributed by atoms with van der Waals surface area (Å²) < 4.78 is 17.2. The first kappa shape index (κ1) is 27.6. The third kappa shape index (κ3) is 9.42. The molecule has 0 spiro atoms. The number of nitrogens with one attached hydrogen (secondary N) is 1. The van der Waals surface area contributed by atoms with Crippen molar-refractivity contribution in [1.29, 1.82) is 0 Å². The number of benzene rings is 2. The number of carbonyl (C=O) groups excluding carboxylic acids is 1. The number of carbonyl (C=O) groups is 1. The zero-order valence-corrected chi connectivity index (χ0v) is 21.9. The summed E-state index contributed by atoms with van der Waals surface area (Å²) in [5, 5.41) is 14.4. The molecule has 7 nitrogen and oxygen atoms in total. The van der Waals surface area contributed by atoms with Crippen molar-refractivity contribution in [2.24, 2.45) is 0 Å². The average molecular weight is 511 g/mol. The predicted molar refractivity (Wildman–Crippen MR) is 143 cm³/mol. The molecule has 1 unspecified atom stereocenters. The minimum Gasteiger partial charge on any atom is -0.489 e. The van der Waals surface area contributed by atoms with Gasteiger partial charge in [0.1, 0.15) is 18.5 Å². The van der Waals surface area contributed by atoms with Crippen LogP contribution in [0.3, 0.4) is 0 Å². The van der Waals surface area contributed by atoms with E-state index < -0.39 is 6.10 Å². The van der Waals surface area contributed by atoms with E-state index in [1.807, 2.05) is 54.6 Å². The molecule has 2 aliphatic heterocycles. The molecular formula is C30H42N2O5. The Morgan fingerprint density at radius 2 is 1.76 bits per heavy atom. The average Bonchev–Trinajstić information content (AvgIpc) is 3.46. The highest BCUT2D eigenvalue weighted by atomic mass is 16.5. The first-order chi connectivity index (χ1) is 18.2. The Morgan fingerprint density at radius 1 is 1.03 bits per heavy atom. The molecule has 202 valence electrons. The summed E-state index contributed by atoms with van der Waals surface area (Å²) in [5.41, 5.74) is 1.89. The van der Waals surface area contributed by atoms with Crippen molar-refractivity contribution in [1.82, 2.24) is 10.2 Å². The second kappa shape index (κ2) is 15.1. The fourth-order valence-corrected chi connectivity index (χ4v) is 4.96. The number of amides is 1. The van der Waals surface area contributed by atoms with Crippen LogP contribution in [0.5, 0.6) is 5.75 Å². The molecule has 2 aliphatic rings. The lowest BCUT2D eigenvalue weighted by molar-refractivity contribution is -0.123. The molecule has 0 aliphatic carbocycles. The highest BCUT2D eigenvalue weighted by Gasteiger charge is 2.26. The third-order valence-corrected chi connectivity index (χ3v) is 7.17. The van der Waals surface area contributed by atoms with Gasteiger partial charge in [-0.05, 0) is 74.9 Å². The van der Waals surface area contributed by atoms with Gasteiger partial charge in [0, 0.05) is 32.8 Å². The zero-order valence-electron chi connectivity index (χ0n) is 21.9. The number of hydrogen-bond acceptors (Lipinski definition) is 6. The molecule has 2 saturated heterocycles. The van der Waals surface area contributed by atoms with Crippen molar-refractivity contribution < 1.29 is 24.1 Å². The van der Waals surface area contributed by atoms with Gasteiger partial charge < -0.3 is 29.5 Å². The molecule has 2 aromatic carbocycles. The fraction of sp³-hybridized carbons (Fsp3) is 0.567. The second-order valence-electron chi connectivity index (χ2n) is 10.1. The summed E-state index contributed by atoms with van der Waals surface area (Å²) >= 11 is 0. The van der Waals surface area contributed by atoms with Crippen molar-refractivity contribution in [2.75, 3.05) is 39.5 Å². The minimum absolute atomic E-state index is 0.0165. The van der Waals surface area contributed by atoms with E-state index >= 15 is 0 Å². The zero-order chi connectivity index (χ0) is 25.7. The lowest BCUT2D eigenvalue weighted by Crippen LogP contribution is -2.46. The Balaban J connectivity index is 1.25. The Hall–Kier alpha value is -2.45. The molecule has 0 bridgehead atoms. The van der Waals surface area contributed by atoms with Gasteiger partial charge >= 0.3 is 0 Å². The number of likely N-dealkylation sites (tertiary alicyclic amines) is 1. The second-order valence-corrected chi connectivity index (χ2v) is 10.1. The van der Waals surface area contributed by atoms with Crippen molar-refractivity contribution in [3.8, 4) is 5.75 Å². The van der Waals surface area contributed by atoms with Gasteiger partial charge in [-0.15, -0.1) is 0 Å². The minimum atomic E-state index is -0.787. The number of rotatable bonds is 14. The van der Waals surface area contributed by atoms with Crippen molar-refractivity contribution in [2.45, 2.75) is 69.8 Å². The molecule has 2 N–H and O–H groups in total. The van der Waals surface area contributed by atoms with Crippen LogP contribution >= 0.6 is 0 Å². The van der Waals surface area contributed by atoms with Gasteiger partial charge in [-0.25, -0.2) is 0 Å². The molecule has 1 amide bonds. The van der Waals surface area contributed by atoms with Crippen molar-refractivity contribution in [3.05, 3.63) is 65.7 Å². The summed E-state index contributed by atoms with van der Waals surface area (Å²) in [6.45, 7) is 5.39. The maximum atomic E-state index is 12.8. The topological polar surface area (TPSA) is 80.3 Å². The van der Waals surface area contributed by atoms with Crippen LogP contribution in [0, 0.1) is 0 Å². The highest BCUT2D eigenvalue weighted by molar-refractivity contribution is 5.76. The summed E-state index contributed by atoms with van der Waals surface area (Å²) in [4.78, 5) is 15.1. The van der Waals surface area contributed by atoms with E-state index in [4.69, 9.17) is 14.2 Å². The normalized spacial score (nSPS) is 18.4. The van der Waals surface area contributed by atoms with Crippen LogP contribution < -0.4 is 10.1 Å². The first-order valence-corrected chi connectivity index (χ1v) is 13.8. The monoisotopic (exact) mass is 510 g/mol. The maximum Gasteiger partial charge on any atom is 0.220 e. The van der Waals surface area contributed by atoms with E-state index in [1.54, 1.807) is 0 Å². The van der Waals surface area contributed by atoms with Gasteiger partial charge in [0.25, 0.3) is 0 Å². The molecule has 7 heteroatoms. The van der Waals surface area contributed by atoms with E-state index in [-0.39, 0.29) is 18.1 Å². The fourth-order valence-electron chi connectivity index (χ4n) is 4.96.